The predicted molar refractivity (Wildman–Crippen MR) is 87.8 cm³/mol. The Morgan fingerprint density at radius 2 is 1.67 bits per heavy atom. The van der Waals surface area contributed by atoms with Crippen molar-refractivity contribution in [2.45, 2.75) is 13.0 Å². The highest BCUT2D eigenvalue weighted by atomic mass is 16.2. The number of nitrogens with two attached hydrogens (primary N) is 1. The van der Waals surface area contributed by atoms with Crippen molar-refractivity contribution in [2.75, 3.05) is 6.54 Å². The van der Waals surface area contributed by atoms with Gasteiger partial charge < -0.3 is 16.4 Å². The molecular formula is C17H18N4O3. The van der Waals surface area contributed by atoms with E-state index in [0.29, 0.717) is 24.1 Å². The van der Waals surface area contributed by atoms with Gasteiger partial charge in [-0.25, -0.2) is 0 Å². The standard InChI is InChI=1S/C17H18N4O3/c18-15(22)14-7-2-1-5-12(14)11-21-17(24)16(23)20-10-8-13-6-3-4-9-19-13/h1-7,9H,8,10-11H2,(H2,18,22)(H,20,23)(H,21,24). The first-order chi connectivity index (χ1) is 11.6. The number of amides is 3. The molecule has 0 fully saturated rings. The van der Waals surface area contributed by atoms with Crippen molar-refractivity contribution in [3.05, 3.63) is 65.5 Å². The van der Waals surface area contributed by atoms with E-state index in [2.05, 4.69) is 15.6 Å². The Morgan fingerprint density at radius 3 is 2.38 bits per heavy atom. The molecular weight excluding hydrogens is 308 g/mol. The molecule has 4 N–H and O–H groups in total. The van der Waals surface area contributed by atoms with Gasteiger partial charge in [-0.3, -0.25) is 19.4 Å². The quantitative estimate of drug-likeness (QED) is 0.656. The number of carbonyl (C=O) groups is 3. The van der Waals surface area contributed by atoms with Gasteiger partial charge in [-0.2, -0.15) is 0 Å². The molecule has 1 heterocycles. The van der Waals surface area contributed by atoms with E-state index in [-0.39, 0.29) is 6.54 Å². The maximum absolute atomic E-state index is 11.8. The third kappa shape index (κ3) is 4.91. The normalized spacial score (nSPS) is 10.0. The molecule has 0 aliphatic carbocycles. The molecule has 0 radical (unpaired) electrons. The Balaban J connectivity index is 1.80. The van der Waals surface area contributed by atoms with Gasteiger partial charge in [-0.05, 0) is 23.8 Å². The van der Waals surface area contributed by atoms with E-state index in [1.807, 2.05) is 12.1 Å². The lowest BCUT2D eigenvalue weighted by molar-refractivity contribution is -0.139. The lowest BCUT2D eigenvalue weighted by Crippen LogP contribution is -2.40. The molecule has 7 nitrogen and oxygen atoms in total. The fourth-order valence-corrected chi connectivity index (χ4v) is 2.10. The molecule has 0 aliphatic rings. The van der Waals surface area contributed by atoms with E-state index in [1.165, 1.54) is 0 Å². The number of benzene rings is 1. The topological polar surface area (TPSA) is 114 Å². The van der Waals surface area contributed by atoms with Gasteiger partial charge in [0.05, 0.1) is 0 Å². The van der Waals surface area contributed by atoms with Crippen LogP contribution in [0.25, 0.3) is 0 Å². The summed E-state index contributed by atoms with van der Waals surface area (Å²) in [5.74, 6) is -2.09. The summed E-state index contributed by atoms with van der Waals surface area (Å²) in [6, 6.07) is 12.1. The third-order valence-corrected chi connectivity index (χ3v) is 3.32. The molecule has 0 unspecified atom stereocenters. The van der Waals surface area contributed by atoms with Crippen LogP contribution in [-0.4, -0.2) is 29.3 Å². The molecule has 124 valence electrons. The van der Waals surface area contributed by atoms with Crippen molar-refractivity contribution < 1.29 is 14.4 Å². The average Bonchev–Trinajstić information content (AvgIpc) is 2.60. The first kappa shape index (κ1) is 17.1. The smallest absolute Gasteiger partial charge is 0.309 e. The van der Waals surface area contributed by atoms with Crippen LogP contribution in [0, 0.1) is 0 Å². The van der Waals surface area contributed by atoms with Gasteiger partial charge in [-0.1, -0.05) is 24.3 Å². The van der Waals surface area contributed by atoms with E-state index in [0.717, 1.165) is 5.69 Å². The van der Waals surface area contributed by atoms with Gasteiger partial charge in [0, 0.05) is 37.0 Å². The monoisotopic (exact) mass is 326 g/mol. The van der Waals surface area contributed by atoms with Gasteiger partial charge in [0.2, 0.25) is 5.91 Å². The molecule has 2 rings (SSSR count). The second kappa shape index (κ2) is 8.42. The van der Waals surface area contributed by atoms with Gasteiger partial charge in [0.25, 0.3) is 0 Å². The molecule has 7 heteroatoms. The zero-order valence-corrected chi connectivity index (χ0v) is 13.0. The number of rotatable bonds is 6. The minimum absolute atomic E-state index is 0.0472. The molecule has 0 aliphatic heterocycles. The van der Waals surface area contributed by atoms with E-state index in [4.69, 9.17) is 5.73 Å². The molecule has 1 aromatic heterocycles. The van der Waals surface area contributed by atoms with Crippen LogP contribution in [0.15, 0.2) is 48.7 Å². The molecule has 0 saturated heterocycles. The first-order valence-electron chi connectivity index (χ1n) is 7.41. The largest absolute Gasteiger partial charge is 0.366 e. The summed E-state index contributed by atoms with van der Waals surface area (Å²) in [7, 11) is 0. The number of nitrogens with zero attached hydrogens (tertiary/aromatic N) is 1. The Morgan fingerprint density at radius 1 is 0.958 bits per heavy atom. The van der Waals surface area contributed by atoms with E-state index < -0.39 is 17.7 Å². The summed E-state index contributed by atoms with van der Waals surface area (Å²) in [6.45, 7) is 0.354. The zero-order chi connectivity index (χ0) is 17.4. The van der Waals surface area contributed by atoms with E-state index in [9.17, 15) is 14.4 Å². The Hall–Kier alpha value is -3.22. The van der Waals surface area contributed by atoms with Crippen LogP contribution in [0.4, 0.5) is 0 Å². The number of primary amides is 1. The highest BCUT2D eigenvalue weighted by Crippen LogP contribution is 2.07. The maximum Gasteiger partial charge on any atom is 0.309 e. The summed E-state index contributed by atoms with van der Waals surface area (Å²) >= 11 is 0. The van der Waals surface area contributed by atoms with Crippen LogP contribution in [0.2, 0.25) is 0 Å². The Kier molecular flexibility index (Phi) is 6.01. The average molecular weight is 326 g/mol. The van der Waals surface area contributed by atoms with Gasteiger partial charge in [-0.15, -0.1) is 0 Å². The molecule has 3 amide bonds. The van der Waals surface area contributed by atoms with Crippen LogP contribution in [0.5, 0.6) is 0 Å². The lowest BCUT2D eigenvalue weighted by atomic mass is 10.1. The summed E-state index contributed by atoms with van der Waals surface area (Å²) in [4.78, 5) is 39.0. The van der Waals surface area contributed by atoms with E-state index >= 15 is 0 Å². The van der Waals surface area contributed by atoms with Crippen LogP contribution >= 0.6 is 0 Å². The fraction of sp³-hybridized carbons (Fsp3) is 0.176. The molecule has 1 aromatic carbocycles. The van der Waals surface area contributed by atoms with Gasteiger partial charge in [0.15, 0.2) is 0 Å². The number of hydrogen-bond acceptors (Lipinski definition) is 4. The molecule has 0 atom stereocenters. The number of carbonyl (C=O) groups excluding carboxylic acids is 3. The van der Waals surface area contributed by atoms with E-state index in [1.54, 1.807) is 36.5 Å². The van der Waals surface area contributed by atoms with Crippen LogP contribution in [-0.2, 0) is 22.6 Å². The zero-order valence-electron chi connectivity index (χ0n) is 13.0. The third-order valence-electron chi connectivity index (χ3n) is 3.32. The predicted octanol–water partition coefficient (Wildman–Crippen LogP) is 0.156. The van der Waals surface area contributed by atoms with Crippen molar-refractivity contribution in [3.63, 3.8) is 0 Å². The van der Waals surface area contributed by atoms with Gasteiger partial charge >= 0.3 is 11.8 Å². The number of hydrogen-bond donors (Lipinski definition) is 3. The lowest BCUT2D eigenvalue weighted by Gasteiger charge is -2.09. The molecule has 0 bridgehead atoms. The Labute approximate surface area is 139 Å². The summed E-state index contributed by atoms with van der Waals surface area (Å²) in [5.41, 5.74) is 6.96. The number of nitrogens with one attached hydrogen (secondary N) is 2. The molecule has 24 heavy (non-hydrogen) atoms. The van der Waals surface area contributed by atoms with Crippen molar-refractivity contribution >= 4 is 17.7 Å². The van der Waals surface area contributed by atoms with Crippen molar-refractivity contribution in [1.29, 1.82) is 0 Å². The minimum atomic E-state index is -0.768. The Bertz CT molecular complexity index is 732. The fourth-order valence-electron chi connectivity index (χ4n) is 2.10. The van der Waals surface area contributed by atoms with Crippen LogP contribution in [0.3, 0.4) is 0 Å². The minimum Gasteiger partial charge on any atom is -0.366 e. The maximum atomic E-state index is 11.8. The summed E-state index contributed by atoms with van der Waals surface area (Å²) in [5, 5.41) is 4.99. The summed E-state index contributed by atoms with van der Waals surface area (Å²) in [6.07, 6.45) is 2.20. The van der Waals surface area contributed by atoms with Gasteiger partial charge in [0.1, 0.15) is 0 Å². The number of aromatic nitrogens is 1. The molecule has 0 spiro atoms. The first-order valence-corrected chi connectivity index (χ1v) is 7.41. The van der Waals surface area contributed by atoms with Crippen molar-refractivity contribution in [1.82, 2.24) is 15.6 Å². The summed E-state index contributed by atoms with van der Waals surface area (Å²) < 4.78 is 0. The van der Waals surface area contributed by atoms with Crippen molar-refractivity contribution in [2.24, 2.45) is 5.73 Å². The second-order valence-electron chi connectivity index (χ2n) is 5.03. The SMILES string of the molecule is NC(=O)c1ccccc1CNC(=O)C(=O)NCCc1ccccn1. The molecule has 2 aromatic rings. The van der Waals surface area contributed by atoms with Crippen molar-refractivity contribution in [3.8, 4) is 0 Å². The van der Waals surface area contributed by atoms with Crippen LogP contribution in [0.1, 0.15) is 21.6 Å². The second-order valence-corrected chi connectivity index (χ2v) is 5.03. The number of pyridine rings is 1. The highest BCUT2D eigenvalue weighted by Gasteiger charge is 2.14. The van der Waals surface area contributed by atoms with Crippen LogP contribution < -0.4 is 16.4 Å². The molecule has 0 saturated carbocycles. The highest BCUT2D eigenvalue weighted by molar-refractivity contribution is 6.35.